The number of para-hydroxylation sites is 1. The molecule has 2 aliphatic rings. The Morgan fingerprint density at radius 2 is 1.64 bits per heavy atom. The number of benzene rings is 1. The molecule has 5 nitrogen and oxygen atoms in total. The van der Waals surface area contributed by atoms with Crippen LogP contribution in [0.15, 0.2) is 24.3 Å². The van der Waals surface area contributed by atoms with E-state index in [0.717, 1.165) is 11.2 Å². The molecular weight excluding hydrogens is 283 g/mol. The van der Waals surface area contributed by atoms with Crippen LogP contribution in [-0.4, -0.2) is 44.4 Å². The van der Waals surface area contributed by atoms with E-state index in [9.17, 15) is 0 Å². The van der Waals surface area contributed by atoms with E-state index in [-0.39, 0.29) is 17.5 Å². The Bertz CT molecular complexity index is 509. The minimum atomic E-state index is -0.438. The van der Waals surface area contributed by atoms with Gasteiger partial charge in [-0.3, -0.25) is 0 Å². The quantitative estimate of drug-likeness (QED) is 0.793. The van der Waals surface area contributed by atoms with E-state index in [1.165, 1.54) is 0 Å². The Kier molecular flexibility index (Phi) is 4.20. The lowest BCUT2D eigenvalue weighted by atomic mass is 9.78. The fourth-order valence-electron chi connectivity index (χ4n) is 2.44. The number of ether oxygens (including phenoxy) is 3. The molecule has 2 heterocycles. The van der Waals surface area contributed by atoms with Gasteiger partial charge in [0.2, 0.25) is 0 Å². The van der Waals surface area contributed by atoms with Gasteiger partial charge in [0.15, 0.2) is 6.29 Å². The minimum absolute atomic E-state index is 0.300. The Balaban J connectivity index is 1.74. The van der Waals surface area contributed by atoms with Crippen LogP contribution in [0.5, 0.6) is 5.75 Å². The van der Waals surface area contributed by atoms with Gasteiger partial charge in [0.05, 0.1) is 24.4 Å². The van der Waals surface area contributed by atoms with Crippen LogP contribution in [0.4, 0.5) is 0 Å². The van der Waals surface area contributed by atoms with Crippen LogP contribution in [0.1, 0.15) is 27.7 Å². The molecule has 6 heteroatoms. The molecule has 0 N–H and O–H groups in total. The zero-order valence-electron chi connectivity index (χ0n) is 13.6. The summed E-state index contributed by atoms with van der Waals surface area (Å²) < 4.78 is 28.8. The van der Waals surface area contributed by atoms with Crippen molar-refractivity contribution < 1.29 is 23.5 Å². The van der Waals surface area contributed by atoms with Gasteiger partial charge in [-0.2, -0.15) is 0 Å². The van der Waals surface area contributed by atoms with Gasteiger partial charge >= 0.3 is 7.12 Å². The summed E-state index contributed by atoms with van der Waals surface area (Å²) in [6, 6.07) is 7.76. The maximum Gasteiger partial charge on any atom is 0.498 e. The zero-order chi connectivity index (χ0) is 15.8. The molecule has 0 aromatic heterocycles. The van der Waals surface area contributed by atoms with Crippen molar-refractivity contribution in [2.75, 3.05) is 19.8 Å². The van der Waals surface area contributed by atoms with Crippen molar-refractivity contribution in [2.24, 2.45) is 0 Å². The lowest BCUT2D eigenvalue weighted by Gasteiger charge is -2.32. The minimum Gasteiger partial charge on any atom is -0.489 e. The van der Waals surface area contributed by atoms with Crippen molar-refractivity contribution in [3.8, 4) is 5.75 Å². The molecule has 1 aromatic rings. The Hall–Kier alpha value is -1.08. The number of hydrogen-bond acceptors (Lipinski definition) is 5. The molecule has 0 unspecified atom stereocenters. The molecular formula is C16H23BO5. The van der Waals surface area contributed by atoms with Crippen molar-refractivity contribution in [2.45, 2.75) is 45.2 Å². The van der Waals surface area contributed by atoms with Gasteiger partial charge in [-0.25, -0.2) is 0 Å². The van der Waals surface area contributed by atoms with Gasteiger partial charge in [0, 0.05) is 5.46 Å². The normalized spacial score (nSPS) is 23.9. The van der Waals surface area contributed by atoms with Crippen LogP contribution in [0, 0.1) is 0 Å². The molecule has 2 saturated heterocycles. The third-order valence-electron chi connectivity index (χ3n) is 4.49. The maximum absolute atomic E-state index is 6.10. The van der Waals surface area contributed by atoms with Crippen LogP contribution >= 0.6 is 0 Å². The van der Waals surface area contributed by atoms with Crippen LogP contribution in [0.3, 0.4) is 0 Å². The molecule has 0 bridgehead atoms. The van der Waals surface area contributed by atoms with Gasteiger partial charge in [0.1, 0.15) is 12.4 Å². The molecule has 0 amide bonds. The fourth-order valence-corrected chi connectivity index (χ4v) is 2.44. The highest BCUT2D eigenvalue weighted by atomic mass is 16.7. The molecule has 2 fully saturated rings. The Morgan fingerprint density at radius 3 is 2.27 bits per heavy atom. The van der Waals surface area contributed by atoms with E-state index in [0.29, 0.717) is 19.8 Å². The van der Waals surface area contributed by atoms with Gasteiger partial charge in [-0.15, -0.1) is 0 Å². The predicted molar refractivity (Wildman–Crippen MR) is 83.3 cm³/mol. The van der Waals surface area contributed by atoms with E-state index < -0.39 is 7.12 Å². The summed E-state index contributed by atoms with van der Waals surface area (Å²) in [5.74, 6) is 0.736. The molecule has 120 valence electrons. The van der Waals surface area contributed by atoms with Crippen LogP contribution < -0.4 is 10.2 Å². The van der Waals surface area contributed by atoms with Crippen LogP contribution in [-0.2, 0) is 18.8 Å². The molecule has 3 rings (SSSR count). The Morgan fingerprint density at radius 1 is 1.05 bits per heavy atom. The van der Waals surface area contributed by atoms with Gasteiger partial charge in [-0.05, 0) is 33.8 Å². The highest BCUT2D eigenvalue weighted by molar-refractivity contribution is 6.63. The van der Waals surface area contributed by atoms with Crippen molar-refractivity contribution in [1.82, 2.24) is 0 Å². The average molecular weight is 306 g/mol. The second-order valence-corrected chi connectivity index (χ2v) is 6.61. The lowest BCUT2D eigenvalue weighted by molar-refractivity contribution is -0.0682. The topological polar surface area (TPSA) is 46.2 Å². The second-order valence-electron chi connectivity index (χ2n) is 6.61. The number of rotatable bonds is 4. The summed E-state index contributed by atoms with van der Waals surface area (Å²) in [5, 5.41) is 0. The van der Waals surface area contributed by atoms with Gasteiger partial charge in [0.25, 0.3) is 0 Å². The van der Waals surface area contributed by atoms with E-state index in [2.05, 4.69) is 0 Å². The van der Waals surface area contributed by atoms with Crippen molar-refractivity contribution in [3.05, 3.63) is 24.3 Å². The predicted octanol–water partition coefficient (Wildman–Crippen LogP) is 1.74. The second kappa shape index (κ2) is 5.85. The largest absolute Gasteiger partial charge is 0.498 e. The SMILES string of the molecule is CC1(C)OB(c2ccccc2OCC2OCCO2)OC1(C)C. The van der Waals surface area contributed by atoms with Crippen LogP contribution in [0.25, 0.3) is 0 Å². The summed E-state index contributed by atoms with van der Waals surface area (Å²) in [6.07, 6.45) is -0.300. The zero-order valence-corrected chi connectivity index (χ0v) is 13.6. The standard InChI is InChI=1S/C16H23BO5/c1-15(2)16(3,4)22-17(21-15)12-7-5-6-8-13(12)20-11-14-18-9-10-19-14/h5-8,14H,9-11H2,1-4H3. The molecule has 2 aliphatic heterocycles. The van der Waals surface area contributed by atoms with E-state index in [1.54, 1.807) is 0 Å². The molecule has 0 saturated carbocycles. The molecule has 0 atom stereocenters. The smallest absolute Gasteiger partial charge is 0.489 e. The molecule has 1 aromatic carbocycles. The van der Waals surface area contributed by atoms with E-state index >= 15 is 0 Å². The first-order valence-corrected chi connectivity index (χ1v) is 7.70. The molecule has 0 spiro atoms. The Labute approximate surface area is 132 Å². The first-order chi connectivity index (χ1) is 10.4. The van der Waals surface area contributed by atoms with Gasteiger partial charge < -0.3 is 23.5 Å². The summed E-state index contributed by atoms with van der Waals surface area (Å²) in [4.78, 5) is 0. The average Bonchev–Trinajstić information content (AvgIpc) is 3.04. The van der Waals surface area contributed by atoms with Crippen molar-refractivity contribution in [1.29, 1.82) is 0 Å². The summed E-state index contributed by atoms with van der Waals surface area (Å²) in [7, 11) is -0.438. The van der Waals surface area contributed by atoms with Crippen LogP contribution in [0.2, 0.25) is 0 Å². The fraction of sp³-hybridized carbons (Fsp3) is 0.625. The third kappa shape index (κ3) is 3.01. The maximum atomic E-state index is 6.10. The van der Waals surface area contributed by atoms with E-state index in [1.807, 2.05) is 52.0 Å². The first kappa shape index (κ1) is 15.8. The van der Waals surface area contributed by atoms with Crippen molar-refractivity contribution >= 4 is 12.6 Å². The first-order valence-electron chi connectivity index (χ1n) is 7.70. The highest BCUT2D eigenvalue weighted by Crippen LogP contribution is 2.37. The highest BCUT2D eigenvalue weighted by Gasteiger charge is 2.52. The molecule has 0 radical (unpaired) electrons. The summed E-state index contributed by atoms with van der Waals surface area (Å²) in [6.45, 7) is 9.75. The molecule has 0 aliphatic carbocycles. The summed E-state index contributed by atoms with van der Waals surface area (Å²) in [5.41, 5.74) is 0.143. The lowest BCUT2D eigenvalue weighted by Crippen LogP contribution is -2.41. The van der Waals surface area contributed by atoms with Gasteiger partial charge in [-0.1, -0.05) is 18.2 Å². The monoisotopic (exact) mass is 306 g/mol. The number of hydrogen-bond donors (Lipinski definition) is 0. The third-order valence-corrected chi connectivity index (χ3v) is 4.49. The summed E-state index contributed by atoms with van der Waals surface area (Å²) >= 11 is 0. The molecule has 22 heavy (non-hydrogen) atoms. The van der Waals surface area contributed by atoms with E-state index in [4.69, 9.17) is 23.5 Å². The van der Waals surface area contributed by atoms with Crippen molar-refractivity contribution in [3.63, 3.8) is 0 Å².